The number of hydrogen-bond acceptors (Lipinski definition) is 2. The average Bonchev–Trinajstić information content (AvgIpc) is 2.41. The Morgan fingerprint density at radius 3 is 2.43 bits per heavy atom. The second-order valence-corrected chi connectivity index (χ2v) is 6.41. The van der Waals surface area contributed by atoms with Crippen LogP contribution in [-0.4, -0.2) is 35.7 Å². The molecule has 1 aromatic rings. The number of aliphatic hydroxyl groups is 1. The maximum Gasteiger partial charge on any atom is 0.317 e. The number of urea groups is 1. The van der Waals surface area contributed by atoms with Gasteiger partial charge in [0, 0.05) is 13.1 Å². The molecule has 0 spiro atoms. The Morgan fingerprint density at radius 1 is 1.33 bits per heavy atom. The number of amides is 2. The van der Waals surface area contributed by atoms with Gasteiger partial charge in [-0.25, -0.2) is 4.79 Å². The Morgan fingerprint density at radius 2 is 1.95 bits per heavy atom. The maximum absolute atomic E-state index is 12.4. The number of carbonyl (C=O) groups excluding carboxylic acids is 1. The lowest BCUT2D eigenvalue weighted by atomic mass is 9.81. The molecule has 4 heteroatoms. The van der Waals surface area contributed by atoms with Crippen molar-refractivity contribution in [1.82, 2.24) is 10.2 Å². The van der Waals surface area contributed by atoms with Crippen LogP contribution in [-0.2, 0) is 0 Å². The fourth-order valence-corrected chi connectivity index (χ4v) is 2.41. The van der Waals surface area contributed by atoms with Crippen LogP contribution in [0.5, 0.6) is 0 Å². The van der Waals surface area contributed by atoms with E-state index in [2.05, 4.69) is 45.1 Å². The third-order valence-electron chi connectivity index (χ3n) is 3.67. The second-order valence-electron chi connectivity index (χ2n) is 6.41. The summed E-state index contributed by atoms with van der Waals surface area (Å²) >= 11 is 0. The van der Waals surface area contributed by atoms with Crippen LogP contribution in [0.2, 0.25) is 0 Å². The third-order valence-corrected chi connectivity index (χ3v) is 3.67. The highest BCUT2D eigenvalue weighted by atomic mass is 16.3. The van der Waals surface area contributed by atoms with Crippen molar-refractivity contribution in [2.24, 2.45) is 5.41 Å². The van der Waals surface area contributed by atoms with Gasteiger partial charge in [0.25, 0.3) is 0 Å². The molecule has 0 bridgehead atoms. The summed E-state index contributed by atoms with van der Waals surface area (Å²) in [6.07, 6.45) is 0. The second kappa shape index (κ2) is 7.46. The molecule has 0 aliphatic carbocycles. The predicted molar refractivity (Wildman–Crippen MR) is 86.2 cm³/mol. The molecule has 1 rings (SSSR count). The van der Waals surface area contributed by atoms with Crippen LogP contribution in [0.1, 0.15) is 44.9 Å². The van der Waals surface area contributed by atoms with Crippen molar-refractivity contribution in [2.75, 3.05) is 19.7 Å². The Hall–Kier alpha value is -1.55. The summed E-state index contributed by atoms with van der Waals surface area (Å²) in [5, 5.41) is 12.2. The number of rotatable bonds is 5. The molecule has 21 heavy (non-hydrogen) atoms. The number of aliphatic hydroxyl groups excluding tert-OH is 1. The molecule has 0 aromatic heterocycles. The van der Waals surface area contributed by atoms with Crippen molar-refractivity contribution in [3.63, 3.8) is 0 Å². The summed E-state index contributed by atoms with van der Waals surface area (Å²) in [7, 11) is 0. The lowest BCUT2D eigenvalue weighted by Gasteiger charge is -2.34. The van der Waals surface area contributed by atoms with Crippen molar-refractivity contribution in [3.05, 3.63) is 35.4 Å². The topological polar surface area (TPSA) is 52.6 Å². The molecule has 1 aromatic carbocycles. The Labute approximate surface area is 128 Å². The monoisotopic (exact) mass is 292 g/mol. The Kier molecular flexibility index (Phi) is 6.21. The van der Waals surface area contributed by atoms with Gasteiger partial charge in [-0.3, -0.25) is 0 Å². The van der Waals surface area contributed by atoms with E-state index in [1.54, 1.807) is 4.90 Å². The van der Waals surface area contributed by atoms with Crippen molar-refractivity contribution < 1.29 is 9.90 Å². The Balaban J connectivity index is 3.01. The first kappa shape index (κ1) is 17.5. The van der Waals surface area contributed by atoms with E-state index < -0.39 is 0 Å². The van der Waals surface area contributed by atoms with Gasteiger partial charge in [-0.15, -0.1) is 0 Å². The predicted octanol–water partition coefficient (Wildman–Crippen LogP) is 3.11. The van der Waals surface area contributed by atoms with E-state index in [9.17, 15) is 4.79 Å². The van der Waals surface area contributed by atoms with Crippen LogP contribution >= 0.6 is 0 Å². The van der Waals surface area contributed by atoms with Gasteiger partial charge in [0.2, 0.25) is 0 Å². The summed E-state index contributed by atoms with van der Waals surface area (Å²) in [5.74, 6) is 0. The molecule has 4 nitrogen and oxygen atoms in total. The van der Waals surface area contributed by atoms with E-state index in [4.69, 9.17) is 5.11 Å². The van der Waals surface area contributed by atoms with Crippen LogP contribution in [0, 0.1) is 12.3 Å². The highest BCUT2D eigenvalue weighted by Crippen LogP contribution is 2.34. The summed E-state index contributed by atoms with van der Waals surface area (Å²) < 4.78 is 0. The van der Waals surface area contributed by atoms with E-state index >= 15 is 0 Å². The van der Waals surface area contributed by atoms with Gasteiger partial charge in [0.05, 0.1) is 12.6 Å². The van der Waals surface area contributed by atoms with Crippen LogP contribution in [0.15, 0.2) is 24.3 Å². The molecule has 0 aliphatic rings. The van der Waals surface area contributed by atoms with Gasteiger partial charge in [-0.2, -0.15) is 0 Å². The fourth-order valence-electron chi connectivity index (χ4n) is 2.41. The standard InChI is InChI=1S/C17H28N2O2/c1-6-19(11-12-20)16(21)18-15(17(3,4)5)14-10-8-7-9-13(14)2/h7-10,15,20H,6,11-12H2,1-5H3,(H,18,21). The van der Waals surface area contributed by atoms with Crippen LogP contribution < -0.4 is 5.32 Å². The van der Waals surface area contributed by atoms with Gasteiger partial charge < -0.3 is 15.3 Å². The van der Waals surface area contributed by atoms with E-state index in [0.29, 0.717) is 13.1 Å². The molecule has 0 saturated heterocycles. The molecule has 1 unspecified atom stereocenters. The number of nitrogens with one attached hydrogen (secondary N) is 1. The van der Waals surface area contributed by atoms with E-state index in [1.165, 1.54) is 5.56 Å². The SMILES string of the molecule is CCN(CCO)C(=O)NC(c1ccccc1C)C(C)(C)C. The van der Waals surface area contributed by atoms with E-state index in [-0.39, 0.29) is 24.1 Å². The highest BCUT2D eigenvalue weighted by molar-refractivity contribution is 5.75. The zero-order valence-electron chi connectivity index (χ0n) is 13.8. The number of aryl methyl sites for hydroxylation is 1. The number of likely N-dealkylation sites (N-methyl/N-ethyl adjacent to an activating group) is 1. The molecular formula is C17H28N2O2. The van der Waals surface area contributed by atoms with Crippen molar-refractivity contribution >= 4 is 6.03 Å². The first-order chi connectivity index (χ1) is 9.81. The molecule has 0 radical (unpaired) electrons. The zero-order chi connectivity index (χ0) is 16.0. The normalized spacial score (nSPS) is 12.9. The lowest BCUT2D eigenvalue weighted by Crippen LogP contribution is -2.46. The van der Waals surface area contributed by atoms with Gasteiger partial charge in [-0.05, 0) is 30.4 Å². The quantitative estimate of drug-likeness (QED) is 0.876. The molecule has 118 valence electrons. The van der Waals surface area contributed by atoms with E-state index in [1.807, 2.05) is 19.1 Å². The minimum absolute atomic E-state index is 0.0220. The number of carbonyl (C=O) groups is 1. The first-order valence-electron chi connectivity index (χ1n) is 7.53. The fraction of sp³-hybridized carbons (Fsp3) is 0.588. The number of nitrogens with zero attached hydrogens (tertiary/aromatic N) is 1. The van der Waals surface area contributed by atoms with Gasteiger partial charge >= 0.3 is 6.03 Å². The molecule has 0 saturated carbocycles. The van der Waals surface area contributed by atoms with Crippen molar-refractivity contribution in [1.29, 1.82) is 0 Å². The van der Waals surface area contributed by atoms with Crippen molar-refractivity contribution in [2.45, 2.75) is 40.7 Å². The minimum Gasteiger partial charge on any atom is -0.395 e. The number of benzene rings is 1. The molecule has 0 fully saturated rings. The molecular weight excluding hydrogens is 264 g/mol. The largest absolute Gasteiger partial charge is 0.395 e. The van der Waals surface area contributed by atoms with Crippen LogP contribution in [0.25, 0.3) is 0 Å². The highest BCUT2D eigenvalue weighted by Gasteiger charge is 2.29. The average molecular weight is 292 g/mol. The summed E-state index contributed by atoms with van der Waals surface area (Å²) in [4.78, 5) is 14.0. The maximum atomic E-state index is 12.4. The van der Waals surface area contributed by atoms with Crippen LogP contribution in [0.3, 0.4) is 0 Å². The molecule has 0 aliphatic heterocycles. The van der Waals surface area contributed by atoms with Crippen molar-refractivity contribution in [3.8, 4) is 0 Å². The molecule has 0 heterocycles. The first-order valence-corrected chi connectivity index (χ1v) is 7.53. The molecule has 2 N–H and O–H groups in total. The summed E-state index contributed by atoms with van der Waals surface area (Å²) in [6, 6.07) is 7.93. The third kappa shape index (κ3) is 4.74. The van der Waals surface area contributed by atoms with Crippen LogP contribution in [0.4, 0.5) is 4.79 Å². The summed E-state index contributed by atoms with van der Waals surface area (Å²) in [5.41, 5.74) is 2.21. The minimum atomic E-state index is -0.130. The Bertz CT molecular complexity index is 466. The lowest BCUT2D eigenvalue weighted by molar-refractivity contribution is 0.166. The molecule has 2 amide bonds. The van der Waals surface area contributed by atoms with Gasteiger partial charge in [0.1, 0.15) is 0 Å². The molecule has 1 atom stereocenters. The van der Waals surface area contributed by atoms with E-state index in [0.717, 1.165) is 5.56 Å². The van der Waals surface area contributed by atoms with Gasteiger partial charge in [-0.1, -0.05) is 45.0 Å². The smallest absolute Gasteiger partial charge is 0.317 e. The number of hydrogen-bond donors (Lipinski definition) is 2. The van der Waals surface area contributed by atoms with Gasteiger partial charge in [0.15, 0.2) is 0 Å². The summed E-state index contributed by atoms with van der Waals surface area (Å²) in [6.45, 7) is 11.2. The zero-order valence-corrected chi connectivity index (χ0v) is 13.8.